The summed E-state index contributed by atoms with van der Waals surface area (Å²) in [5.41, 5.74) is 0. The zero-order chi connectivity index (χ0) is 15.1. The normalized spacial score (nSPS) is 15.7. The summed E-state index contributed by atoms with van der Waals surface area (Å²) in [7, 11) is 0. The van der Waals surface area contributed by atoms with Gasteiger partial charge in [-0.15, -0.1) is 0 Å². The molecule has 0 spiro atoms. The van der Waals surface area contributed by atoms with Gasteiger partial charge in [-0.1, -0.05) is 36.2 Å². The van der Waals surface area contributed by atoms with Crippen molar-refractivity contribution in [1.82, 2.24) is 5.32 Å². The van der Waals surface area contributed by atoms with Crippen molar-refractivity contribution in [1.29, 1.82) is 0 Å². The van der Waals surface area contributed by atoms with Crippen molar-refractivity contribution in [2.24, 2.45) is 5.92 Å². The van der Waals surface area contributed by atoms with Crippen molar-refractivity contribution in [3.8, 4) is 5.75 Å². The average molecular weight is 322 g/mol. The van der Waals surface area contributed by atoms with Gasteiger partial charge in [0.15, 0.2) is 5.75 Å². The van der Waals surface area contributed by atoms with Gasteiger partial charge in [0.2, 0.25) is 0 Å². The van der Waals surface area contributed by atoms with Gasteiger partial charge < -0.3 is 20.3 Å². The van der Waals surface area contributed by atoms with Crippen LogP contribution in [0.1, 0.15) is 13.8 Å². The van der Waals surface area contributed by atoms with E-state index in [2.05, 4.69) is 5.32 Å². The van der Waals surface area contributed by atoms with Gasteiger partial charge in [0.25, 0.3) is 0 Å². The molecule has 1 aromatic rings. The molecular weight excluding hydrogens is 301 g/mol. The van der Waals surface area contributed by atoms with Crippen LogP contribution < -0.4 is 10.1 Å². The quantitative estimate of drug-likeness (QED) is 0.687. The van der Waals surface area contributed by atoms with Crippen LogP contribution >= 0.6 is 23.2 Å². The highest BCUT2D eigenvalue weighted by Gasteiger charge is 2.14. The molecule has 3 N–H and O–H groups in total. The van der Waals surface area contributed by atoms with E-state index in [9.17, 15) is 5.11 Å². The van der Waals surface area contributed by atoms with Gasteiger partial charge in [-0.25, -0.2) is 0 Å². The average Bonchev–Trinajstić information content (AvgIpc) is 2.43. The molecule has 3 atom stereocenters. The maximum absolute atomic E-state index is 9.86. The number of benzene rings is 1. The zero-order valence-corrected chi connectivity index (χ0v) is 13.2. The third-order valence-corrected chi connectivity index (χ3v) is 3.75. The minimum Gasteiger partial charge on any atom is -0.488 e. The van der Waals surface area contributed by atoms with E-state index in [1.165, 1.54) is 0 Å². The van der Waals surface area contributed by atoms with Crippen LogP contribution in [0.15, 0.2) is 18.2 Å². The van der Waals surface area contributed by atoms with Crippen LogP contribution in [0, 0.1) is 5.92 Å². The monoisotopic (exact) mass is 321 g/mol. The highest BCUT2D eigenvalue weighted by molar-refractivity contribution is 6.37. The van der Waals surface area contributed by atoms with Crippen molar-refractivity contribution in [3.63, 3.8) is 0 Å². The third-order valence-electron chi connectivity index (χ3n) is 3.16. The molecule has 0 aliphatic carbocycles. The second-order valence-corrected chi connectivity index (χ2v) is 5.69. The fraction of sp³-hybridized carbons (Fsp3) is 0.571. The molecule has 0 aromatic heterocycles. The van der Waals surface area contributed by atoms with Crippen LogP contribution in [0.4, 0.5) is 0 Å². The van der Waals surface area contributed by atoms with Gasteiger partial charge in [0.1, 0.15) is 12.7 Å². The van der Waals surface area contributed by atoms with Gasteiger partial charge in [-0.3, -0.25) is 0 Å². The topological polar surface area (TPSA) is 61.7 Å². The standard InChI is InChI=1S/C14H21Cl2NO3/c1-9(7-18)10(2)17-6-11(19)8-20-14-12(15)4-3-5-13(14)16/h3-5,9-11,17-19H,6-8H2,1-2H3. The van der Waals surface area contributed by atoms with Gasteiger partial charge in [0.05, 0.1) is 10.0 Å². The van der Waals surface area contributed by atoms with Crippen LogP contribution in [0.5, 0.6) is 5.75 Å². The van der Waals surface area contributed by atoms with E-state index in [4.69, 9.17) is 33.0 Å². The number of halogens is 2. The highest BCUT2D eigenvalue weighted by Crippen LogP contribution is 2.32. The van der Waals surface area contributed by atoms with Crippen molar-refractivity contribution in [2.75, 3.05) is 19.8 Å². The van der Waals surface area contributed by atoms with E-state index < -0.39 is 6.10 Å². The molecule has 1 aromatic carbocycles. The molecule has 114 valence electrons. The first-order valence-corrected chi connectivity index (χ1v) is 7.30. The fourth-order valence-corrected chi connectivity index (χ4v) is 2.05. The molecule has 0 saturated heterocycles. The Hall–Kier alpha value is -0.520. The molecular formula is C14H21Cl2NO3. The number of para-hydroxylation sites is 1. The van der Waals surface area contributed by atoms with Crippen LogP contribution in [-0.4, -0.2) is 42.1 Å². The van der Waals surface area contributed by atoms with Crippen LogP contribution in [0.3, 0.4) is 0 Å². The second-order valence-electron chi connectivity index (χ2n) is 4.87. The lowest BCUT2D eigenvalue weighted by Gasteiger charge is -2.21. The fourth-order valence-electron chi connectivity index (χ4n) is 1.54. The van der Waals surface area contributed by atoms with E-state index in [0.717, 1.165) is 0 Å². The summed E-state index contributed by atoms with van der Waals surface area (Å²) in [6.45, 7) is 4.46. The molecule has 4 nitrogen and oxygen atoms in total. The van der Waals surface area contributed by atoms with Crippen LogP contribution in [-0.2, 0) is 0 Å². The first-order chi connectivity index (χ1) is 9.45. The summed E-state index contributed by atoms with van der Waals surface area (Å²) in [6, 6.07) is 5.20. The molecule has 20 heavy (non-hydrogen) atoms. The van der Waals surface area contributed by atoms with Crippen LogP contribution in [0.25, 0.3) is 0 Å². The summed E-state index contributed by atoms with van der Waals surface area (Å²) in [5.74, 6) is 0.507. The molecule has 0 radical (unpaired) electrons. The van der Waals surface area contributed by atoms with Gasteiger partial charge >= 0.3 is 0 Å². The number of hydrogen-bond acceptors (Lipinski definition) is 4. The van der Waals surface area contributed by atoms with Gasteiger partial charge in [0, 0.05) is 19.2 Å². The van der Waals surface area contributed by atoms with Crippen molar-refractivity contribution < 1.29 is 14.9 Å². The summed E-state index contributed by atoms with van der Waals surface area (Å²) in [6.07, 6.45) is -0.685. The predicted octanol–water partition coefficient (Wildman–Crippen LogP) is 2.34. The van der Waals surface area contributed by atoms with E-state index in [-0.39, 0.29) is 25.2 Å². The Labute approximate surface area is 129 Å². The Kier molecular flexibility index (Phi) is 7.62. The Morgan fingerprint density at radius 1 is 1.25 bits per heavy atom. The van der Waals surface area contributed by atoms with E-state index in [0.29, 0.717) is 22.3 Å². The summed E-state index contributed by atoms with van der Waals surface area (Å²) in [4.78, 5) is 0. The van der Waals surface area contributed by atoms with Gasteiger partial charge in [-0.05, 0) is 25.0 Å². The minimum atomic E-state index is -0.685. The molecule has 0 aliphatic heterocycles. The summed E-state index contributed by atoms with van der Waals surface area (Å²) < 4.78 is 5.45. The van der Waals surface area contributed by atoms with E-state index in [1.807, 2.05) is 13.8 Å². The van der Waals surface area contributed by atoms with Gasteiger partial charge in [-0.2, -0.15) is 0 Å². The molecule has 0 amide bonds. The third kappa shape index (κ3) is 5.46. The number of rotatable bonds is 8. The molecule has 0 heterocycles. The van der Waals surface area contributed by atoms with Crippen LogP contribution in [0.2, 0.25) is 10.0 Å². The van der Waals surface area contributed by atoms with Crippen molar-refractivity contribution in [2.45, 2.75) is 26.0 Å². The molecule has 0 aliphatic rings. The summed E-state index contributed by atoms with van der Waals surface area (Å²) >= 11 is 11.9. The largest absolute Gasteiger partial charge is 0.488 e. The lowest BCUT2D eigenvalue weighted by atomic mass is 10.1. The lowest BCUT2D eigenvalue weighted by molar-refractivity contribution is 0.0993. The second kappa shape index (κ2) is 8.70. The molecule has 3 unspecified atom stereocenters. The maximum atomic E-state index is 9.86. The maximum Gasteiger partial charge on any atom is 0.156 e. The van der Waals surface area contributed by atoms with Crippen molar-refractivity contribution >= 4 is 23.2 Å². The SMILES string of the molecule is CC(CO)C(C)NCC(O)COc1c(Cl)cccc1Cl. The first kappa shape index (κ1) is 17.5. The van der Waals surface area contributed by atoms with Crippen molar-refractivity contribution in [3.05, 3.63) is 28.2 Å². The molecule has 0 bridgehead atoms. The lowest BCUT2D eigenvalue weighted by Crippen LogP contribution is -2.40. The highest BCUT2D eigenvalue weighted by atomic mass is 35.5. The number of hydrogen-bond donors (Lipinski definition) is 3. The smallest absolute Gasteiger partial charge is 0.156 e. The molecule has 1 rings (SSSR count). The number of ether oxygens (including phenoxy) is 1. The Morgan fingerprint density at radius 3 is 2.40 bits per heavy atom. The first-order valence-electron chi connectivity index (χ1n) is 6.54. The number of aliphatic hydroxyl groups is 2. The summed E-state index contributed by atoms with van der Waals surface area (Å²) in [5, 5.41) is 22.9. The molecule has 0 fully saturated rings. The number of nitrogens with one attached hydrogen (secondary N) is 1. The Bertz CT molecular complexity index is 397. The molecule has 0 saturated carbocycles. The molecule has 6 heteroatoms. The van der Waals surface area contributed by atoms with E-state index >= 15 is 0 Å². The zero-order valence-electron chi connectivity index (χ0n) is 11.6. The van der Waals surface area contributed by atoms with E-state index in [1.54, 1.807) is 18.2 Å². The minimum absolute atomic E-state index is 0.0939. The Balaban J connectivity index is 2.38. The Morgan fingerprint density at radius 2 is 1.85 bits per heavy atom. The predicted molar refractivity (Wildman–Crippen MR) is 81.7 cm³/mol. The number of aliphatic hydroxyl groups excluding tert-OH is 2.